The van der Waals surface area contributed by atoms with Crippen LogP contribution < -0.4 is 5.73 Å². The first-order chi connectivity index (χ1) is 7.77. The number of amidine groups is 1. The van der Waals surface area contributed by atoms with Gasteiger partial charge in [0.2, 0.25) is 0 Å². The van der Waals surface area contributed by atoms with E-state index in [2.05, 4.69) is 37.3 Å². The molecule has 0 fully saturated rings. The van der Waals surface area contributed by atoms with E-state index >= 15 is 0 Å². The first kappa shape index (κ1) is 15.4. The van der Waals surface area contributed by atoms with Crippen LogP contribution in [-0.2, 0) is 0 Å². The molecule has 0 unspecified atom stereocenters. The third-order valence-corrected chi connectivity index (χ3v) is 1.99. The Morgan fingerprint density at radius 2 is 1.82 bits per heavy atom. The van der Waals surface area contributed by atoms with Crippen molar-refractivity contribution in [2.45, 2.75) is 34.6 Å². The van der Waals surface area contributed by atoms with Gasteiger partial charge < -0.3 is 5.73 Å². The van der Waals surface area contributed by atoms with Crippen molar-refractivity contribution in [1.82, 2.24) is 0 Å². The zero-order chi connectivity index (χ0) is 13.5. The molecule has 0 aliphatic heterocycles. The van der Waals surface area contributed by atoms with Crippen LogP contribution in [0.2, 0.25) is 0 Å². The molecule has 0 aliphatic carbocycles. The van der Waals surface area contributed by atoms with Gasteiger partial charge in [-0.1, -0.05) is 33.4 Å². The van der Waals surface area contributed by atoms with Gasteiger partial charge in [-0.15, -0.1) is 0 Å². The highest BCUT2D eigenvalue weighted by molar-refractivity contribution is 6.04. The van der Waals surface area contributed by atoms with Gasteiger partial charge in [-0.2, -0.15) is 0 Å². The maximum atomic E-state index is 5.45. The van der Waals surface area contributed by atoms with Crippen LogP contribution in [-0.4, -0.2) is 11.5 Å². The lowest BCUT2D eigenvalue weighted by Crippen LogP contribution is -2.08. The largest absolute Gasteiger partial charge is 0.387 e. The summed E-state index contributed by atoms with van der Waals surface area (Å²) in [5, 5.41) is 0. The van der Waals surface area contributed by atoms with Crippen molar-refractivity contribution in [2.75, 3.05) is 0 Å². The third kappa shape index (κ3) is 7.28. The Morgan fingerprint density at radius 3 is 2.24 bits per heavy atom. The first-order valence-electron chi connectivity index (χ1n) is 5.64. The van der Waals surface area contributed by atoms with Gasteiger partial charge in [-0.25, -0.2) is 4.99 Å². The minimum absolute atomic E-state index is 0.0340. The lowest BCUT2D eigenvalue weighted by atomic mass is 9.93. The van der Waals surface area contributed by atoms with Crippen LogP contribution in [0.4, 0.5) is 0 Å². The van der Waals surface area contributed by atoms with E-state index in [0.29, 0.717) is 5.84 Å². The number of nitrogens with two attached hydrogens (primary N) is 1. The molecule has 0 aromatic heterocycles. The molecule has 0 heterocycles. The molecule has 0 rings (SSSR count). The number of hydrogen-bond donors (Lipinski definition) is 1. The van der Waals surface area contributed by atoms with Crippen LogP contribution in [0.25, 0.3) is 0 Å². The summed E-state index contributed by atoms with van der Waals surface area (Å²) in [6.07, 6.45) is 7.30. The quantitative estimate of drug-likeness (QED) is 0.586. The molecule has 0 saturated carbocycles. The van der Waals surface area contributed by atoms with Crippen molar-refractivity contribution in [3.8, 4) is 0 Å². The van der Waals surface area contributed by atoms with Crippen molar-refractivity contribution in [3.63, 3.8) is 0 Å². The molecule has 0 aromatic rings. The van der Waals surface area contributed by atoms with Crippen molar-refractivity contribution >= 4 is 11.5 Å². The molecule has 2 N–H and O–H groups in total. The van der Waals surface area contributed by atoms with Gasteiger partial charge in [0.25, 0.3) is 0 Å². The predicted molar refractivity (Wildman–Crippen MR) is 77.3 cm³/mol. The number of rotatable bonds is 4. The molecule has 0 aromatic carbocycles. The molecular weight excluding hydrogens is 210 g/mol. The number of allylic oxidation sites excluding steroid dienone is 4. The van der Waals surface area contributed by atoms with Crippen LogP contribution in [0, 0.1) is 5.41 Å². The Balaban J connectivity index is 4.99. The highest BCUT2D eigenvalue weighted by Crippen LogP contribution is 2.24. The van der Waals surface area contributed by atoms with Crippen molar-refractivity contribution in [1.29, 1.82) is 0 Å². The van der Waals surface area contributed by atoms with Crippen molar-refractivity contribution in [3.05, 3.63) is 36.7 Å². The van der Waals surface area contributed by atoms with E-state index in [9.17, 15) is 0 Å². The van der Waals surface area contributed by atoms with Gasteiger partial charge >= 0.3 is 0 Å². The zero-order valence-corrected chi connectivity index (χ0v) is 11.5. The summed E-state index contributed by atoms with van der Waals surface area (Å²) in [7, 11) is 0. The molecule has 0 spiro atoms. The highest BCUT2D eigenvalue weighted by Gasteiger charge is 2.13. The van der Waals surface area contributed by atoms with Gasteiger partial charge in [0.05, 0.1) is 11.5 Å². The fourth-order valence-corrected chi connectivity index (χ4v) is 0.856. The highest BCUT2D eigenvalue weighted by atomic mass is 14.8. The molecule has 3 nitrogen and oxygen atoms in total. The Labute approximate surface area is 105 Å². The number of hydrogen-bond acceptors (Lipinski definition) is 2. The maximum Gasteiger partial charge on any atom is 0.0957 e. The summed E-state index contributed by atoms with van der Waals surface area (Å²) in [5.74, 6) is 0.524. The second-order valence-electron chi connectivity index (χ2n) is 4.82. The van der Waals surface area contributed by atoms with Crippen LogP contribution >= 0.6 is 0 Å². The van der Waals surface area contributed by atoms with E-state index in [-0.39, 0.29) is 5.41 Å². The first-order valence-corrected chi connectivity index (χ1v) is 5.64. The summed E-state index contributed by atoms with van der Waals surface area (Å²) in [6, 6.07) is 0. The van der Waals surface area contributed by atoms with E-state index in [0.717, 1.165) is 11.4 Å². The fraction of sp³-hybridized carbons (Fsp3) is 0.429. The van der Waals surface area contributed by atoms with Crippen LogP contribution in [0.15, 0.2) is 46.7 Å². The number of nitrogens with zero attached hydrogens (tertiary/aromatic N) is 2. The Morgan fingerprint density at radius 1 is 1.24 bits per heavy atom. The second-order valence-corrected chi connectivity index (χ2v) is 4.82. The minimum atomic E-state index is -0.0340. The van der Waals surface area contributed by atoms with Gasteiger partial charge in [0.15, 0.2) is 0 Å². The summed E-state index contributed by atoms with van der Waals surface area (Å²) >= 11 is 0. The van der Waals surface area contributed by atoms with Crippen LogP contribution in [0.1, 0.15) is 34.6 Å². The molecule has 3 heteroatoms. The van der Waals surface area contributed by atoms with Gasteiger partial charge in [-0.3, -0.25) is 4.99 Å². The van der Waals surface area contributed by atoms with Crippen molar-refractivity contribution in [2.24, 2.45) is 21.1 Å². The molecule has 17 heavy (non-hydrogen) atoms. The maximum absolute atomic E-state index is 5.45. The van der Waals surface area contributed by atoms with E-state index in [1.165, 1.54) is 0 Å². The van der Waals surface area contributed by atoms with E-state index in [1.807, 2.05) is 25.2 Å². The van der Waals surface area contributed by atoms with Crippen LogP contribution in [0.3, 0.4) is 0 Å². The molecule has 0 bridgehead atoms. The summed E-state index contributed by atoms with van der Waals surface area (Å²) in [4.78, 5) is 8.46. The Hall–Kier alpha value is -1.64. The average molecular weight is 233 g/mol. The summed E-state index contributed by atoms with van der Waals surface area (Å²) in [5.41, 5.74) is 7.07. The lowest BCUT2D eigenvalue weighted by Gasteiger charge is -2.18. The normalized spacial score (nSPS) is 14.9. The molecule has 0 radical (unpaired) electrons. The molecular formula is C14H23N3. The van der Waals surface area contributed by atoms with E-state index < -0.39 is 0 Å². The Kier molecular flexibility index (Phi) is 6.18. The van der Waals surface area contributed by atoms with Crippen molar-refractivity contribution < 1.29 is 0 Å². The molecule has 0 saturated heterocycles. The van der Waals surface area contributed by atoms with Gasteiger partial charge in [-0.05, 0) is 26.0 Å². The summed E-state index contributed by atoms with van der Waals surface area (Å²) < 4.78 is 0. The summed E-state index contributed by atoms with van der Waals surface area (Å²) in [6.45, 7) is 13.9. The standard InChI is InChI=1S/C14H23N3/c1-7-8-13(9-10-16-12(3)15)17-11(2)14(4,5)6/h7-10H,2H2,1,3-6H3,(H2,15,16)/b8-7-,10-9-,17-13+. The van der Waals surface area contributed by atoms with E-state index in [1.54, 1.807) is 13.1 Å². The molecule has 0 atom stereocenters. The zero-order valence-electron chi connectivity index (χ0n) is 11.5. The predicted octanol–water partition coefficient (Wildman–Crippen LogP) is 3.45. The average Bonchev–Trinajstić information content (AvgIpc) is 2.15. The Bertz CT molecular complexity index is 373. The SMILES string of the molecule is C=C(/N=C(\C=C/C)/C=C\N=C(/C)N)C(C)(C)C. The molecule has 0 amide bonds. The topological polar surface area (TPSA) is 50.7 Å². The third-order valence-electron chi connectivity index (χ3n) is 1.99. The monoisotopic (exact) mass is 233 g/mol. The minimum Gasteiger partial charge on any atom is -0.387 e. The fourth-order valence-electron chi connectivity index (χ4n) is 0.856. The second kappa shape index (κ2) is 6.84. The molecule has 94 valence electrons. The van der Waals surface area contributed by atoms with E-state index in [4.69, 9.17) is 5.73 Å². The number of aliphatic imine (C=N–C) groups is 2. The lowest BCUT2D eigenvalue weighted by molar-refractivity contribution is 0.501. The smallest absolute Gasteiger partial charge is 0.0957 e. The van der Waals surface area contributed by atoms with Gasteiger partial charge in [0.1, 0.15) is 0 Å². The molecule has 0 aliphatic rings. The van der Waals surface area contributed by atoms with Crippen LogP contribution in [0.5, 0.6) is 0 Å². The van der Waals surface area contributed by atoms with Gasteiger partial charge in [0, 0.05) is 17.3 Å².